The van der Waals surface area contributed by atoms with Crippen LogP contribution in [0.1, 0.15) is 50.3 Å². The maximum absolute atomic E-state index is 13.3. The Hall–Kier alpha value is -2.31. The van der Waals surface area contributed by atoms with Crippen molar-refractivity contribution < 1.29 is 32.5 Å². The van der Waals surface area contributed by atoms with Gasteiger partial charge in [0, 0.05) is 12.8 Å². The Kier molecular flexibility index (Phi) is 5.30. The standard InChI is InChI=1S/C20H23F3N2O4/c1-18(2,3)29-17(26)25-14-7-19(27,8-15(25)11-28-10-14)13-5-4-12(9-24)16(6-13)20(21,22)23/h4-6,14-15,27H,7-8,10-11H2,1-3H3. The number of aliphatic hydroxyl groups is 1. The molecule has 6 nitrogen and oxygen atoms in total. The minimum absolute atomic E-state index is 0.00589. The second-order valence-corrected chi connectivity index (χ2v) is 8.54. The van der Waals surface area contributed by atoms with Gasteiger partial charge in [0.1, 0.15) is 5.60 Å². The van der Waals surface area contributed by atoms with Crippen LogP contribution in [0.4, 0.5) is 18.0 Å². The van der Waals surface area contributed by atoms with Gasteiger partial charge in [0.05, 0.1) is 48.1 Å². The first kappa shape index (κ1) is 21.4. The van der Waals surface area contributed by atoms with Crippen molar-refractivity contribution in [2.45, 2.75) is 63.1 Å². The minimum atomic E-state index is -4.71. The summed E-state index contributed by atoms with van der Waals surface area (Å²) < 4.78 is 51.0. The van der Waals surface area contributed by atoms with Gasteiger partial charge >= 0.3 is 12.3 Å². The van der Waals surface area contributed by atoms with E-state index in [2.05, 4.69) is 0 Å². The van der Waals surface area contributed by atoms with E-state index in [0.717, 1.165) is 12.1 Å². The van der Waals surface area contributed by atoms with Crippen molar-refractivity contribution >= 4 is 6.09 Å². The van der Waals surface area contributed by atoms with Gasteiger partial charge in [-0.3, -0.25) is 4.90 Å². The van der Waals surface area contributed by atoms with Crippen molar-refractivity contribution in [3.05, 3.63) is 34.9 Å². The first-order valence-electron chi connectivity index (χ1n) is 9.27. The zero-order chi connectivity index (χ0) is 21.6. The second kappa shape index (κ2) is 7.18. The number of hydrogen-bond acceptors (Lipinski definition) is 5. The summed E-state index contributed by atoms with van der Waals surface area (Å²) in [7, 11) is 0. The van der Waals surface area contributed by atoms with Crippen molar-refractivity contribution in [1.29, 1.82) is 5.26 Å². The van der Waals surface area contributed by atoms with Crippen LogP contribution in [-0.4, -0.2) is 47.0 Å². The summed E-state index contributed by atoms with van der Waals surface area (Å²) in [5.41, 5.74) is -3.79. The van der Waals surface area contributed by atoms with E-state index >= 15 is 0 Å². The van der Waals surface area contributed by atoms with Gasteiger partial charge < -0.3 is 14.6 Å². The van der Waals surface area contributed by atoms with E-state index in [0.29, 0.717) is 0 Å². The van der Waals surface area contributed by atoms with E-state index in [1.807, 2.05) is 0 Å². The third-order valence-corrected chi connectivity index (χ3v) is 5.14. The molecular formula is C20H23F3N2O4. The normalized spacial score (nSPS) is 27.3. The number of nitriles is 1. The SMILES string of the molecule is CC(C)(C)OC(=O)N1C2COCC1CC(O)(c1ccc(C#N)c(C(F)(F)F)c1)C2. The number of nitrogens with zero attached hydrogens (tertiary/aromatic N) is 2. The molecule has 29 heavy (non-hydrogen) atoms. The Balaban J connectivity index is 1.92. The molecule has 2 atom stereocenters. The van der Waals surface area contributed by atoms with E-state index in [1.165, 1.54) is 17.0 Å². The summed E-state index contributed by atoms with van der Waals surface area (Å²) in [5.74, 6) is 0. The van der Waals surface area contributed by atoms with E-state index in [4.69, 9.17) is 14.7 Å². The molecule has 1 aromatic rings. The molecule has 2 heterocycles. The molecule has 0 radical (unpaired) electrons. The van der Waals surface area contributed by atoms with Gasteiger partial charge in [-0.15, -0.1) is 0 Å². The van der Waals surface area contributed by atoms with E-state index in [1.54, 1.807) is 20.8 Å². The first-order chi connectivity index (χ1) is 13.3. The molecular weight excluding hydrogens is 389 g/mol. The smallest absolute Gasteiger partial charge is 0.417 e. The Morgan fingerprint density at radius 1 is 1.28 bits per heavy atom. The Morgan fingerprint density at radius 3 is 2.34 bits per heavy atom. The van der Waals surface area contributed by atoms with Crippen LogP contribution < -0.4 is 0 Å². The number of morpholine rings is 1. The van der Waals surface area contributed by atoms with Gasteiger partial charge in [-0.2, -0.15) is 18.4 Å². The molecule has 1 aromatic carbocycles. The average molecular weight is 412 g/mol. The van der Waals surface area contributed by atoms with Gasteiger partial charge in [-0.1, -0.05) is 6.07 Å². The Morgan fingerprint density at radius 2 is 1.86 bits per heavy atom. The number of ether oxygens (including phenoxy) is 2. The highest BCUT2D eigenvalue weighted by atomic mass is 19.4. The zero-order valence-electron chi connectivity index (χ0n) is 16.4. The summed E-state index contributed by atoms with van der Waals surface area (Å²) in [4.78, 5) is 14.2. The van der Waals surface area contributed by atoms with Crippen LogP contribution in [-0.2, 0) is 21.3 Å². The molecule has 0 aliphatic carbocycles. The van der Waals surface area contributed by atoms with E-state index < -0.39 is 46.7 Å². The maximum Gasteiger partial charge on any atom is 0.417 e. The molecule has 2 aliphatic rings. The summed E-state index contributed by atoms with van der Waals surface area (Å²) >= 11 is 0. The lowest BCUT2D eigenvalue weighted by atomic mass is 9.76. The van der Waals surface area contributed by atoms with Crippen LogP contribution in [0.5, 0.6) is 0 Å². The summed E-state index contributed by atoms with van der Waals surface area (Å²) in [6, 6.07) is 3.71. The molecule has 1 amide bonds. The third kappa shape index (κ3) is 4.33. The topological polar surface area (TPSA) is 82.8 Å². The lowest BCUT2D eigenvalue weighted by Crippen LogP contribution is -2.63. The number of fused-ring (bicyclic) bond motifs is 2. The molecule has 9 heteroatoms. The number of alkyl halides is 3. The quantitative estimate of drug-likeness (QED) is 0.763. The first-order valence-corrected chi connectivity index (χ1v) is 9.27. The third-order valence-electron chi connectivity index (χ3n) is 5.14. The fourth-order valence-corrected chi connectivity index (χ4v) is 3.99. The summed E-state index contributed by atoms with van der Waals surface area (Å²) in [5, 5.41) is 20.2. The average Bonchev–Trinajstić information content (AvgIpc) is 2.58. The highest BCUT2D eigenvalue weighted by Gasteiger charge is 2.50. The highest BCUT2D eigenvalue weighted by Crippen LogP contribution is 2.43. The van der Waals surface area contributed by atoms with Crippen LogP contribution in [0.25, 0.3) is 0 Å². The van der Waals surface area contributed by atoms with Crippen LogP contribution >= 0.6 is 0 Å². The Labute approximate surface area is 166 Å². The van der Waals surface area contributed by atoms with Gasteiger partial charge in [0.2, 0.25) is 0 Å². The number of hydrogen-bond donors (Lipinski definition) is 1. The summed E-state index contributed by atoms with van der Waals surface area (Å²) in [6.07, 6.45) is -5.24. The van der Waals surface area contributed by atoms with Crippen LogP contribution in [0.15, 0.2) is 18.2 Å². The van der Waals surface area contributed by atoms with E-state index in [-0.39, 0.29) is 31.6 Å². The van der Waals surface area contributed by atoms with Crippen molar-refractivity contribution in [2.75, 3.05) is 13.2 Å². The predicted octanol–water partition coefficient (Wildman–Crippen LogP) is 3.56. The zero-order valence-corrected chi connectivity index (χ0v) is 16.4. The lowest BCUT2D eigenvalue weighted by Gasteiger charge is -2.51. The van der Waals surface area contributed by atoms with Crippen LogP contribution in [0, 0.1) is 11.3 Å². The number of piperidine rings is 1. The van der Waals surface area contributed by atoms with Gasteiger partial charge in [-0.25, -0.2) is 4.79 Å². The predicted molar refractivity (Wildman–Crippen MR) is 95.8 cm³/mol. The van der Waals surface area contributed by atoms with Crippen LogP contribution in [0.3, 0.4) is 0 Å². The van der Waals surface area contributed by atoms with Crippen LogP contribution in [0.2, 0.25) is 0 Å². The monoisotopic (exact) mass is 412 g/mol. The van der Waals surface area contributed by atoms with Crippen molar-refractivity contribution in [2.24, 2.45) is 0 Å². The van der Waals surface area contributed by atoms with Gasteiger partial charge in [0.25, 0.3) is 0 Å². The molecule has 2 bridgehead atoms. The molecule has 2 saturated heterocycles. The summed E-state index contributed by atoms with van der Waals surface area (Å²) in [6.45, 7) is 5.54. The molecule has 0 aromatic heterocycles. The maximum atomic E-state index is 13.3. The number of carbonyl (C=O) groups is 1. The highest BCUT2D eigenvalue weighted by molar-refractivity contribution is 5.69. The molecule has 0 spiro atoms. The second-order valence-electron chi connectivity index (χ2n) is 8.54. The lowest BCUT2D eigenvalue weighted by molar-refractivity contribution is -0.143. The Bertz CT molecular complexity index is 828. The molecule has 2 aliphatic heterocycles. The number of rotatable bonds is 1. The van der Waals surface area contributed by atoms with Gasteiger partial charge in [-0.05, 0) is 38.5 Å². The van der Waals surface area contributed by atoms with E-state index in [9.17, 15) is 23.1 Å². The largest absolute Gasteiger partial charge is 0.444 e. The molecule has 2 fully saturated rings. The van der Waals surface area contributed by atoms with Gasteiger partial charge in [0.15, 0.2) is 0 Å². The number of amides is 1. The fraction of sp³-hybridized carbons (Fsp3) is 0.600. The molecule has 2 unspecified atom stereocenters. The number of carbonyl (C=O) groups excluding carboxylic acids is 1. The van der Waals surface area contributed by atoms with Crippen molar-refractivity contribution in [3.8, 4) is 6.07 Å². The minimum Gasteiger partial charge on any atom is -0.444 e. The molecule has 3 rings (SSSR count). The molecule has 158 valence electrons. The fourth-order valence-electron chi connectivity index (χ4n) is 3.99. The number of halogens is 3. The van der Waals surface area contributed by atoms with Crippen molar-refractivity contribution in [3.63, 3.8) is 0 Å². The number of benzene rings is 1. The molecule has 1 N–H and O–H groups in total. The molecule has 0 saturated carbocycles. The van der Waals surface area contributed by atoms with Crippen molar-refractivity contribution in [1.82, 2.24) is 4.90 Å².